The van der Waals surface area contributed by atoms with E-state index < -0.39 is 0 Å². The first-order valence-corrected chi connectivity index (χ1v) is 10.2. The van der Waals surface area contributed by atoms with Crippen LogP contribution in [0.25, 0.3) is 27.7 Å². The number of hydrogen-bond donors (Lipinski definition) is 1. The molecule has 0 aliphatic heterocycles. The second kappa shape index (κ2) is 9.53. The van der Waals surface area contributed by atoms with Gasteiger partial charge in [-0.1, -0.05) is 25.5 Å². The Balaban J connectivity index is 2.09. The van der Waals surface area contributed by atoms with Crippen LogP contribution in [-0.4, -0.2) is 26.7 Å². The molecule has 158 valence electrons. The summed E-state index contributed by atoms with van der Waals surface area (Å²) in [6.07, 6.45) is 5.39. The van der Waals surface area contributed by atoms with Crippen LogP contribution in [0.3, 0.4) is 0 Å². The van der Waals surface area contributed by atoms with Crippen molar-refractivity contribution >= 4 is 22.4 Å². The number of carbonyl (C=O) groups is 1. The molecular formula is C25H29NO4. The number of rotatable bonds is 8. The lowest BCUT2D eigenvalue weighted by Gasteiger charge is -2.13. The van der Waals surface area contributed by atoms with Gasteiger partial charge in [0.1, 0.15) is 17.1 Å². The SMILES string of the molecule is CCCCNC(=O)/C=C(\C)c1cc2c(-c3cccc(OC)c3)coc2c(C)c1OC. The summed E-state index contributed by atoms with van der Waals surface area (Å²) < 4.78 is 17.0. The Bertz CT molecular complexity index is 1080. The number of furan rings is 1. The fourth-order valence-electron chi connectivity index (χ4n) is 3.60. The number of hydrogen-bond acceptors (Lipinski definition) is 4. The fourth-order valence-corrected chi connectivity index (χ4v) is 3.60. The summed E-state index contributed by atoms with van der Waals surface area (Å²) in [4.78, 5) is 12.3. The van der Waals surface area contributed by atoms with Gasteiger partial charge < -0.3 is 19.2 Å². The van der Waals surface area contributed by atoms with E-state index >= 15 is 0 Å². The second-order valence-corrected chi connectivity index (χ2v) is 7.31. The molecule has 0 unspecified atom stereocenters. The Morgan fingerprint density at radius 3 is 2.70 bits per heavy atom. The van der Waals surface area contributed by atoms with Gasteiger partial charge in [0.2, 0.25) is 5.91 Å². The van der Waals surface area contributed by atoms with Crippen molar-refractivity contribution in [3.05, 3.63) is 53.8 Å². The molecule has 0 aliphatic rings. The molecule has 0 aliphatic carbocycles. The van der Waals surface area contributed by atoms with Crippen molar-refractivity contribution < 1.29 is 18.7 Å². The van der Waals surface area contributed by atoms with Crippen molar-refractivity contribution in [3.8, 4) is 22.6 Å². The summed E-state index contributed by atoms with van der Waals surface area (Å²) in [6.45, 7) is 6.67. The summed E-state index contributed by atoms with van der Waals surface area (Å²) in [7, 11) is 3.29. The Morgan fingerprint density at radius 2 is 2.00 bits per heavy atom. The van der Waals surface area contributed by atoms with Crippen LogP contribution in [0.15, 0.2) is 47.1 Å². The molecule has 30 heavy (non-hydrogen) atoms. The summed E-state index contributed by atoms with van der Waals surface area (Å²) in [5.74, 6) is 1.40. The van der Waals surface area contributed by atoms with Gasteiger partial charge in [0.25, 0.3) is 0 Å². The maximum atomic E-state index is 12.3. The lowest BCUT2D eigenvalue weighted by molar-refractivity contribution is -0.116. The Hall–Kier alpha value is -3.21. The van der Waals surface area contributed by atoms with Crippen LogP contribution in [0.4, 0.5) is 0 Å². The van der Waals surface area contributed by atoms with Gasteiger partial charge in [0.05, 0.1) is 20.5 Å². The zero-order valence-electron chi connectivity index (χ0n) is 18.3. The lowest BCUT2D eigenvalue weighted by Crippen LogP contribution is -2.22. The predicted molar refractivity (Wildman–Crippen MR) is 121 cm³/mol. The molecular weight excluding hydrogens is 378 g/mol. The predicted octanol–water partition coefficient (Wildman–Crippen LogP) is 5.75. The standard InChI is InChI=1S/C25H29NO4/c1-6-7-11-26-23(27)12-16(2)20-14-21-22(18-9-8-10-19(13-18)28-4)15-30-25(21)17(3)24(20)29-5/h8-10,12-15H,6-7,11H2,1-5H3,(H,26,27)/b16-12+. The number of carbonyl (C=O) groups excluding carboxylic acids is 1. The van der Waals surface area contributed by atoms with E-state index in [2.05, 4.69) is 12.2 Å². The zero-order chi connectivity index (χ0) is 21.7. The van der Waals surface area contributed by atoms with Gasteiger partial charge in [-0.3, -0.25) is 4.79 Å². The first-order valence-electron chi connectivity index (χ1n) is 10.2. The molecule has 3 rings (SSSR count). The van der Waals surface area contributed by atoms with Gasteiger partial charge in [0, 0.05) is 34.7 Å². The van der Waals surface area contributed by atoms with Crippen molar-refractivity contribution in [2.75, 3.05) is 20.8 Å². The third-order valence-corrected chi connectivity index (χ3v) is 5.23. The molecule has 5 heteroatoms. The molecule has 0 bridgehead atoms. The molecule has 3 aromatic rings. The molecule has 0 radical (unpaired) electrons. The number of amides is 1. The van der Waals surface area contributed by atoms with Crippen LogP contribution >= 0.6 is 0 Å². The Labute approximate surface area is 177 Å². The van der Waals surface area contributed by atoms with Gasteiger partial charge >= 0.3 is 0 Å². The number of methoxy groups -OCH3 is 2. The zero-order valence-corrected chi connectivity index (χ0v) is 18.3. The summed E-state index contributed by atoms with van der Waals surface area (Å²) >= 11 is 0. The topological polar surface area (TPSA) is 60.7 Å². The van der Waals surface area contributed by atoms with Crippen molar-refractivity contribution in [2.45, 2.75) is 33.6 Å². The van der Waals surface area contributed by atoms with E-state index in [1.54, 1.807) is 26.6 Å². The van der Waals surface area contributed by atoms with E-state index in [-0.39, 0.29) is 5.91 Å². The van der Waals surface area contributed by atoms with Crippen LogP contribution in [0.1, 0.15) is 37.8 Å². The molecule has 1 N–H and O–H groups in total. The number of benzene rings is 2. The fraction of sp³-hybridized carbons (Fsp3) is 0.320. The highest BCUT2D eigenvalue weighted by atomic mass is 16.5. The largest absolute Gasteiger partial charge is 0.497 e. The molecule has 1 aromatic heterocycles. The molecule has 0 spiro atoms. The highest BCUT2D eigenvalue weighted by molar-refractivity contribution is 6.01. The van der Waals surface area contributed by atoms with E-state index in [0.29, 0.717) is 12.3 Å². The molecule has 0 saturated heterocycles. The van der Waals surface area contributed by atoms with Gasteiger partial charge in [-0.15, -0.1) is 0 Å². The molecule has 1 amide bonds. The molecule has 0 atom stereocenters. The van der Waals surface area contributed by atoms with Gasteiger partial charge in [-0.05, 0) is 49.6 Å². The Morgan fingerprint density at radius 1 is 1.20 bits per heavy atom. The van der Waals surface area contributed by atoms with Crippen LogP contribution in [0.2, 0.25) is 0 Å². The number of allylic oxidation sites excluding steroid dienone is 1. The van der Waals surface area contributed by atoms with Crippen LogP contribution in [-0.2, 0) is 4.79 Å². The van der Waals surface area contributed by atoms with E-state index in [1.807, 2.05) is 44.2 Å². The molecule has 5 nitrogen and oxygen atoms in total. The van der Waals surface area contributed by atoms with Crippen molar-refractivity contribution in [1.82, 2.24) is 5.32 Å². The summed E-state index contributed by atoms with van der Waals surface area (Å²) in [5.41, 5.74) is 5.35. The number of ether oxygens (including phenoxy) is 2. The second-order valence-electron chi connectivity index (χ2n) is 7.31. The minimum absolute atomic E-state index is 0.0963. The van der Waals surface area contributed by atoms with Gasteiger partial charge in [0.15, 0.2) is 0 Å². The summed E-state index contributed by atoms with van der Waals surface area (Å²) in [5, 5.41) is 3.90. The molecule has 0 saturated carbocycles. The summed E-state index contributed by atoms with van der Waals surface area (Å²) in [6, 6.07) is 9.90. The number of nitrogens with one attached hydrogen (secondary N) is 1. The monoisotopic (exact) mass is 407 g/mol. The molecule has 2 aromatic carbocycles. The molecule has 1 heterocycles. The van der Waals surface area contributed by atoms with E-state index in [4.69, 9.17) is 13.9 Å². The van der Waals surface area contributed by atoms with Crippen LogP contribution in [0, 0.1) is 6.92 Å². The minimum atomic E-state index is -0.0963. The quantitative estimate of drug-likeness (QED) is 0.382. The van der Waals surface area contributed by atoms with Crippen LogP contribution in [0.5, 0.6) is 11.5 Å². The maximum Gasteiger partial charge on any atom is 0.244 e. The average Bonchev–Trinajstić information content (AvgIpc) is 3.18. The van der Waals surface area contributed by atoms with Gasteiger partial charge in [-0.2, -0.15) is 0 Å². The highest BCUT2D eigenvalue weighted by Crippen LogP contribution is 2.41. The normalized spacial score (nSPS) is 11.6. The third kappa shape index (κ3) is 4.35. The number of unbranched alkanes of at least 4 members (excludes halogenated alkanes) is 1. The van der Waals surface area contributed by atoms with Crippen molar-refractivity contribution in [1.29, 1.82) is 0 Å². The number of aryl methyl sites for hydroxylation is 1. The number of fused-ring (bicyclic) bond motifs is 1. The van der Waals surface area contributed by atoms with Gasteiger partial charge in [-0.25, -0.2) is 0 Å². The van der Waals surface area contributed by atoms with Crippen molar-refractivity contribution in [3.63, 3.8) is 0 Å². The maximum absolute atomic E-state index is 12.3. The smallest absolute Gasteiger partial charge is 0.244 e. The molecule has 0 fully saturated rings. The highest BCUT2D eigenvalue weighted by Gasteiger charge is 2.19. The van der Waals surface area contributed by atoms with E-state index in [0.717, 1.165) is 57.4 Å². The third-order valence-electron chi connectivity index (χ3n) is 5.23. The lowest BCUT2D eigenvalue weighted by atomic mass is 9.96. The van der Waals surface area contributed by atoms with Crippen LogP contribution < -0.4 is 14.8 Å². The minimum Gasteiger partial charge on any atom is -0.497 e. The average molecular weight is 408 g/mol. The Kier molecular flexibility index (Phi) is 6.83. The first-order chi connectivity index (χ1) is 14.5. The van der Waals surface area contributed by atoms with Crippen molar-refractivity contribution in [2.24, 2.45) is 0 Å². The van der Waals surface area contributed by atoms with E-state index in [1.165, 1.54) is 0 Å². The first kappa shape index (κ1) is 21.5. The van der Waals surface area contributed by atoms with E-state index in [9.17, 15) is 4.79 Å².